The molecular formula is C23H22F2N4O. The molecule has 5 nitrogen and oxygen atoms in total. The molecule has 0 aliphatic rings. The van der Waals surface area contributed by atoms with E-state index in [0.29, 0.717) is 28.0 Å². The molecule has 4 rings (SSSR count). The van der Waals surface area contributed by atoms with E-state index in [-0.39, 0.29) is 18.6 Å². The van der Waals surface area contributed by atoms with Crippen LogP contribution in [0.2, 0.25) is 0 Å². The van der Waals surface area contributed by atoms with Crippen molar-refractivity contribution in [2.75, 3.05) is 5.32 Å². The van der Waals surface area contributed by atoms with Crippen LogP contribution < -0.4 is 5.32 Å². The van der Waals surface area contributed by atoms with Gasteiger partial charge in [-0.2, -0.15) is 0 Å². The number of halogens is 2. The van der Waals surface area contributed by atoms with E-state index >= 15 is 0 Å². The van der Waals surface area contributed by atoms with Gasteiger partial charge in [-0.15, -0.1) is 10.2 Å². The molecule has 2 heterocycles. The topological polar surface area (TPSA) is 67.8 Å². The maximum Gasteiger partial charge on any atom is 0.222 e. The first kappa shape index (κ1) is 21.0. The lowest BCUT2D eigenvalue weighted by Crippen LogP contribution is -2.07. The summed E-state index contributed by atoms with van der Waals surface area (Å²) in [5, 5.41) is 11.5. The fourth-order valence-electron chi connectivity index (χ4n) is 2.98. The largest absolute Gasteiger partial charge is 0.311 e. The Morgan fingerprint density at radius 3 is 2.27 bits per heavy atom. The van der Waals surface area contributed by atoms with Crippen LogP contribution in [0, 0.1) is 11.6 Å². The van der Waals surface area contributed by atoms with Crippen LogP contribution in [0.1, 0.15) is 22.2 Å². The van der Waals surface area contributed by atoms with Crippen molar-refractivity contribution in [3.8, 4) is 22.5 Å². The standard InChI is InChI=1S/C21H14F2N4O.C2H6.H2/c1-12(28)24-19-10-4-9-17(25-19)14-6-2-5-13-11-18(26-27-21(13)14)20-15(22)7-3-8-16(20)23;1-2;/h2-11H,1H3,(H,24,25,28);1-2H3;1H. The van der Waals surface area contributed by atoms with E-state index in [4.69, 9.17) is 0 Å². The number of pyridine rings is 1. The van der Waals surface area contributed by atoms with Gasteiger partial charge >= 0.3 is 0 Å². The van der Waals surface area contributed by atoms with Crippen molar-refractivity contribution >= 4 is 22.6 Å². The molecule has 0 aliphatic carbocycles. The third-order valence-electron chi connectivity index (χ3n) is 4.17. The molecule has 0 radical (unpaired) electrons. The fraction of sp³-hybridized carbons (Fsp3) is 0.130. The Kier molecular flexibility index (Phi) is 6.41. The molecule has 154 valence electrons. The summed E-state index contributed by atoms with van der Waals surface area (Å²) < 4.78 is 28.2. The van der Waals surface area contributed by atoms with Gasteiger partial charge < -0.3 is 5.32 Å². The molecule has 4 aromatic rings. The van der Waals surface area contributed by atoms with E-state index in [9.17, 15) is 13.6 Å². The van der Waals surface area contributed by atoms with E-state index < -0.39 is 11.6 Å². The van der Waals surface area contributed by atoms with Crippen LogP contribution in [0.3, 0.4) is 0 Å². The van der Waals surface area contributed by atoms with Gasteiger partial charge in [-0.1, -0.05) is 44.2 Å². The summed E-state index contributed by atoms with van der Waals surface area (Å²) >= 11 is 0. The van der Waals surface area contributed by atoms with E-state index in [1.807, 2.05) is 19.9 Å². The van der Waals surface area contributed by atoms with Crippen LogP contribution >= 0.6 is 0 Å². The number of anilines is 1. The third kappa shape index (κ3) is 4.30. The lowest BCUT2D eigenvalue weighted by molar-refractivity contribution is -0.114. The van der Waals surface area contributed by atoms with Gasteiger partial charge in [0.15, 0.2) is 0 Å². The first-order chi connectivity index (χ1) is 14.5. The number of nitrogens with zero attached hydrogens (tertiary/aromatic N) is 3. The van der Waals surface area contributed by atoms with Crippen molar-refractivity contribution in [1.82, 2.24) is 15.2 Å². The number of nitrogens with one attached hydrogen (secondary N) is 1. The molecule has 1 N–H and O–H groups in total. The fourth-order valence-corrected chi connectivity index (χ4v) is 2.98. The average Bonchev–Trinajstić information content (AvgIpc) is 2.74. The van der Waals surface area contributed by atoms with Gasteiger partial charge in [0.05, 0.1) is 17.0 Å². The minimum absolute atomic E-state index is 0. The number of carbonyl (C=O) groups is 1. The van der Waals surface area contributed by atoms with Crippen molar-refractivity contribution in [2.45, 2.75) is 20.8 Å². The highest BCUT2D eigenvalue weighted by atomic mass is 19.1. The number of hydrogen-bond donors (Lipinski definition) is 1. The Hall–Kier alpha value is -3.74. The first-order valence-electron chi connectivity index (χ1n) is 9.49. The molecule has 0 fully saturated rings. The van der Waals surface area contributed by atoms with Crippen LogP contribution in [0.5, 0.6) is 0 Å². The molecular weight excluding hydrogens is 386 g/mol. The maximum absolute atomic E-state index is 14.1. The molecule has 0 atom stereocenters. The zero-order valence-electron chi connectivity index (χ0n) is 16.8. The summed E-state index contributed by atoms with van der Waals surface area (Å²) in [5.74, 6) is -1.21. The summed E-state index contributed by atoms with van der Waals surface area (Å²) in [6.07, 6.45) is 0. The van der Waals surface area contributed by atoms with Gasteiger partial charge in [-0.3, -0.25) is 4.79 Å². The van der Waals surface area contributed by atoms with Gasteiger partial charge in [0.1, 0.15) is 23.0 Å². The Balaban J connectivity index is 0.00000111. The predicted octanol–water partition coefficient (Wildman–Crippen LogP) is 5.87. The number of fused-ring (bicyclic) bond motifs is 1. The number of aromatic nitrogens is 3. The zero-order valence-corrected chi connectivity index (χ0v) is 16.8. The van der Waals surface area contributed by atoms with Gasteiger partial charge in [0.2, 0.25) is 5.91 Å². The second-order valence-electron chi connectivity index (χ2n) is 6.16. The molecule has 0 bridgehead atoms. The lowest BCUT2D eigenvalue weighted by atomic mass is 10.0. The van der Waals surface area contributed by atoms with Crippen molar-refractivity contribution in [2.24, 2.45) is 0 Å². The highest BCUT2D eigenvalue weighted by Gasteiger charge is 2.15. The van der Waals surface area contributed by atoms with Crippen LogP contribution in [-0.4, -0.2) is 21.1 Å². The Morgan fingerprint density at radius 1 is 0.900 bits per heavy atom. The predicted molar refractivity (Wildman–Crippen MR) is 116 cm³/mol. The molecule has 0 spiro atoms. The number of hydrogen-bond acceptors (Lipinski definition) is 4. The molecule has 2 aromatic carbocycles. The Bertz CT molecular complexity index is 1200. The molecule has 7 heteroatoms. The summed E-state index contributed by atoms with van der Waals surface area (Å²) in [5.41, 5.74) is 1.72. The normalized spacial score (nSPS) is 10.3. The van der Waals surface area contributed by atoms with Crippen LogP contribution in [0.15, 0.2) is 60.7 Å². The maximum atomic E-state index is 14.1. The van der Waals surface area contributed by atoms with Crippen LogP contribution in [-0.2, 0) is 4.79 Å². The van der Waals surface area contributed by atoms with Crippen molar-refractivity contribution in [3.05, 3.63) is 72.3 Å². The molecule has 1 amide bonds. The first-order valence-corrected chi connectivity index (χ1v) is 9.49. The van der Waals surface area contributed by atoms with E-state index in [0.717, 1.165) is 0 Å². The monoisotopic (exact) mass is 408 g/mol. The molecule has 0 saturated carbocycles. The lowest BCUT2D eigenvalue weighted by Gasteiger charge is -2.09. The minimum Gasteiger partial charge on any atom is -0.311 e. The van der Waals surface area contributed by atoms with Gasteiger partial charge in [0.25, 0.3) is 0 Å². The van der Waals surface area contributed by atoms with Crippen molar-refractivity contribution in [3.63, 3.8) is 0 Å². The van der Waals surface area contributed by atoms with Crippen LogP contribution in [0.4, 0.5) is 14.6 Å². The van der Waals surface area contributed by atoms with E-state index in [2.05, 4.69) is 20.5 Å². The second-order valence-corrected chi connectivity index (χ2v) is 6.16. The SMILES string of the molecule is CC.CC(=O)Nc1cccc(-c2cccc3cc(-c4c(F)cccc4F)nnc23)n1.[HH]. The van der Waals surface area contributed by atoms with Gasteiger partial charge in [0, 0.05) is 19.3 Å². The summed E-state index contributed by atoms with van der Waals surface area (Å²) in [4.78, 5) is 15.7. The summed E-state index contributed by atoms with van der Waals surface area (Å²) in [7, 11) is 0. The van der Waals surface area contributed by atoms with Crippen molar-refractivity contribution < 1.29 is 15.0 Å². The zero-order chi connectivity index (χ0) is 21.7. The van der Waals surface area contributed by atoms with Gasteiger partial charge in [-0.05, 0) is 30.3 Å². The Morgan fingerprint density at radius 2 is 1.57 bits per heavy atom. The molecule has 0 saturated heterocycles. The molecule has 2 aromatic heterocycles. The van der Waals surface area contributed by atoms with Crippen molar-refractivity contribution in [1.29, 1.82) is 0 Å². The highest BCUT2D eigenvalue weighted by molar-refractivity contribution is 5.94. The third-order valence-corrected chi connectivity index (χ3v) is 4.17. The number of rotatable bonds is 3. The molecule has 0 unspecified atom stereocenters. The number of carbonyl (C=O) groups excluding carboxylic acids is 1. The van der Waals surface area contributed by atoms with E-state index in [1.165, 1.54) is 25.1 Å². The summed E-state index contributed by atoms with van der Waals surface area (Å²) in [6.45, 7) is 5.40. The quantitative estimate of drug-likeness (QED) is 0.460. The smallest absolute Gasteiger partial charge is 0.222 e. The average molecular weight is 408 g/mol. The Labute approximate surface area is 174 Å². The van der Waals surface area contributed by atoms with Gasteiger partial charge in [-0.25, -0.2) is 13.8 Å². The highest BCUT2D eigenvalue weighted by Crippen LogP contribution is 2.30. The summed E-state index contributed by atoms with van der Waals surface area (Å²) in [6, 6.07) is 15.9. The van der Waals surface area contributed by atoms with Crippen LogP contribution in [0.25, 0.3) is 33.4 Å². The molecule has 30 heavy (non-hydrogen) atoms. The number of benzene rings is 2. The second kappa shape index (κ2) is 9.17. The molecule has 0 aliphatic heterocycles. The van der Waals surface area contributed by atoms with E-state index in [1.54, 1.807) is 36.4 Å². The minimum atomic E-state index is -0.700. The number of amides is 1.